The Hall–Kier alpha value is -3.04. The van der Waals surface area contributed by atoms with Gasteiger partial charge in [-0.15, -0.1) is 0 Å². The van der Waals surface area contributed by atoms with Crippen LogP contribution in [0.2, 0.25) is 0 Å². The van der Waals surface area contributed by atoms with Crippen LogP contribution in [0.25, 0.3) is 72.2 Å². The fourth-order valence-electron chi connectivity index (χ4n) is 10.9. The first-order chi connectivity index (χ1) is 34.3. The molecule has 0 radical (unpaired) electrons. The number of fused-ring (bicyclic) bond motifs is 10. The van der Waals surface area contributed by atoms with Crippen molar-refractivity contribution in [3.05, 3.63) is 101 Å². The van der Waals surface area contributed by atoms with E-state index in [9.17, 15) is 9.59 Å². The molecular weight excluding hydrogens is 1070 g/mol. The van der Waals surface area contributed by atoms with E-state index in [1.54, 1.807) is 32.7 Å². The molecule has 70 heavy (non-hydrogen) atoms. The molecule has 2 aliphatic heterocycles. The van der Waals surface area contributed by atoms with Crippen molar-refractivity contribution >= 4 is 148 Å². The van der Waals surface area contributed by atoms with E-state index in [-0.39, 0.29) is 24.7 Å². The summed E-state index contributed by atoms with van der Waals surface area (Å²) < 4.78 is 5.89. The summed E-state index contributed by atoms with van der Waals surface area (Å²) in [6.45, 7) is 8.89. The average molecular weight is 1130 g/mol. The van der Waals surface area contributed by atoms with Crippen LogP contribution in [0, 0.1) is 13.8 Å². The van der Waals surface area contributed by atoms with Crippen molar-refractivity contribution in [2.45, 2.75) is 169 Å². The van der Waals surface area contributed by atoms with Gasteiger partial charge in [0.25, 0.3) is 0 Å². The number of hydrogen-bond acceptors (Lipinski definition) is 8. The van der Waals surface area contributed by atoms with Crippen molar-refractivity contribution in [1.29, 1.82) is 0 Å². The number of hydrogen-bond donors (Lipinski definition) is 0. The van der Waals surface area contributed by atoms with Crippen molar-refractivity contribution in [3.63, 3.8) is 0 Å². The molecule has 8 aromatic rings. The summed E-state index contributed by atoms with van der Waals surface area (Å²) in [6.07, 6.45) is 32.8. The number of benzene rings is 4. The van der Waals surface area contributed by atoms with Gasteiger partial charge >= 0.3 is 408 Å². The van der Waals surface area contributed by atoms with Gasteiger partial charge in [0.2, 0.25) is 0 Å². The Morgan fingerprint density at radius 2 is 0.943 bits per heavy atom. The number of rotatable bonds is 25. The Morgan fingerprint density at radius 3 is 1.44 bits per heavy atom. The molecule has 0 bridgehead atoms. The Balaban J connectivity index is 1.00. The summed E-state index contributed by atoms with van der Waals surface area (Å²) >= 11 is 5.91. The van der Waals surface area contributed by atoms with Gasteiger partial charge in [0.1, 0.15) is 0 Å². The molecule has 0 aliphatic carbocycles. The predicted molar refractivity (Wildman–Crippen MR) is 311 cm³/mol. The third-order valence-electron chi connectivity index (χ3n) is 14.5. The summed E-state index contributed by atoms with van der Waals surface area (Å²) in [5.41, 5.74) is 4.33. The Bertz CT molecular complexity index is 3290. The molecule has 0 saturated heterocycles. The molecular formula is C60H66N2O2S4Se2. The molecule has 0 N–H and O–H groups in total. The number of carbonyl (C=O) groups is 2. The number of thiazole rings is 2. The number of carbonyl (C=O) groups excluding carboxylic acids is 2. The van der Waals surface area contributed by atoms with Crippen LogP contribution in [0.1, 0.15) is 173 Å². The van der Waals surface area contributed by atoms with Crippen molar-refractivity contribution in [1.82, 2.24) is 9.97 Å². The molecule has 10 heteroatoms. The van der Waals surface area contributed by atoms with E-state index >= 15 is 0 Å². The average Bonchev–Trinajstić information content (AvgIpc) is 4.23. The Kier molecular flexibility index (Phi) is 16.9. The first-order valence-corrected chi connectivity index (χ1v) is 33.1. The van der Waals surface area contributed by atoms with Crippen LogP contribution in [0.5, 0.6) is 0 Å². The minimum atomic E-state index is -0.00282. The Labute approximate surface area is 443 Å². The molecule has 0 fully saturated rings. The van der Waals surface area contributed by atoms with E-state index in [1.807, 2.05) is 13.1 Å². The van der Waals surface area contributed by atoms with E-state index in [0.29, 0.717) is 25.6 Å². The topological polar surface area (TPSA) is 59.9 Å². The van der Waals surface area contributed by atoms with Gasteiger partial charge in [-0.3, -0.25) is 0 Å². The monoisotopic (exact) mass is 1130 g/mol. The van der Waals surface area contributed by atoms with Crippen LogP contribution in [0.3, 0.4) is 0 Å². The van der Waals surface area contributed by atoms with Crippen LogP contribution in [0.4, 0.5) is 0 Å². The van der Waals surface area contributed by atoms with Crippen molar-refractivity contribution in [2.24, 2.45) is 0 Å². The summed E-state index contributed by atoms with van der Waals surface area (Å²) in [7, 11) is 0. The van der Waals surface area contributed by atoms with E-state index in [1.165, 1.54) is 220 Å². The third kappa shape index (κ3) is 10.8. The SMILES string of the molecule is CCCCCCCCCCCCc1cc2c(cc(CCCCCCCCCCCC)c3c2ccc2cc(-c4ncc(C5=C6SC(=O)C(c7cnc(C)s7)=C6SC5=O)s4)[se]c23)c2ccc3cc(C)[se]c3c12. The van der Waals surface area contributed by atoms with Crippen LogP contribution in [0.15, 0.2) is 70.7 Å². The van der Waals surface area contributed by atoms with Crippen LogP contribution < -0.4 is 0 Å². The molecule has 0 atom stereocenters. The van der Waals surface area contributed by atoms with E-state index in [2.05, 4.69) is 74.3 Å². The molecule has 0 saturated carbocycles. The zero-order valence-electron chi connectivity index (χ0n) is 41.5. The van der Waals surface area contributed by atoms with Crippen molar-refractivity contribution in [2.75, 3.05) is 0 Å². The Morgan fingerprint density at radius 1 is 0.486 bits per heavy atom. The molecule has 10 rings (SSSR count). The van der Waals surface area contributed by atoms with Crippen LogP contribution in [-0.2, 0) is 22.4 Å². The quantitative estimate of drug-likeness (QED) is 0.0323. The van der Waals surface area contributed by atoms with Gasteiger partial charge in [0.15, 0.2) is 0 Å². The zero-order chi connectivity index (χ0) is 48.1. The zero-order valence-corrected chi connectivity index (χ0v) is 48.2. The second-order valence-electron chi connectivity index (χ2n) is 19.8. The molecule has 4 nitrogen and oxygen atoms in total. The molecule has 4 aromatic heterocycles. The molecule has 0 unspecified atom stereocenters. The first-order valence-electron chi connectivity index (χ1n) is 26.4. The first kappa shape index (κ1) is 50.5. The van der Waals surface area contributed by atoms with Gasteiger partial charge in [-0.2, -0.15) is 0 Å². The molecule has 6 heterocycles. The summed E-state index contributed by atoms with van der Waals surface area (Å²) in [5.74, 6) is 0. The second kappa shape index (κ2) is 23.4. The van der Waals surface area contributed by atoms with Crippen molar-refractivity contribution in [3.8, 4) is 9.44 Å². The summed E-state index contributed by atoms with van der Waals surface area (Å²) in [5, 5.41) is 13.4. The number of nitrogens with zero attached hydrogens (tertiary/aromatic N) is 2. The number of aromatic nitrogens is 2. The van der Waals surface area contributed by atoms with E-state index in [0.717, 1.165) is 42.4 Å². The van der Waals surface area contributed by atoms with E-state index in [4.69, 9.17) is 4.98 Å². The summed E-state index contributed by atoms with van der Waals surface area (Å²) in [4.78, 5) is 39.8. The number of aryl methyl sites for hydroxylation is 4. The van der Waals surface area contributed by atoms with Gasteiger partial charge in [-0.1, -0.05) is 39.5 Å². The molecule has 364 valence electrons. The fraction of sp³-hybridized carbons (Fsp3) is 0.433. The molecule has 4 aromatic carbocycles. The summed E-state index contributed by atoms with van der Waals surface area (Å²) in [6, 6.07) is 19.8. The maximum absolute atomic E-state index is 13.7. The maximum atomic E-state index is 13.7. The minimum absolute atomic E-state index is 0.0000829. The van der Waals surface area contributed by atoms with Crippen molar-refractivity contribution < 1.29 is 9.59 Å². The van der Waals surface area contributed by atoms with Gasteiger partial charge in [-0.05, 0) is 0 Å². The van der Waals surface area contributed by atoms with Gasteiger partial charge in [0.05, 0.1) is 0 Å². The third-order valence-corrected chi connectivity index (χ3v) is 23.7. The normalized spacial score (nSPS) is 14.2. The molecule has 0 spiro atoms. The second-order valence-corrected chi connectivity index (χ2v) is 28.8. The molecule has 2 aliphatic rings. The van der Waals surface area contributed by atoms with Crippen LogP contribution >= 0.6 is 46.2 Å². The number of unbranched alkanes of at least 4 members (excludes halogenated alkanes) is 18. The number of thioether (sulfide) groups is 2. The standard InChI is InChI=1S/C60H66N2O2S4Se2/c1-5-7-9-11-13-15-17-19-21-23-25-39-32-46-44-30-28-42-34-49(58-62-36-48(66-58)53-55-54(67-60(53)64)52(59(63)68-55)47-35-61-38(4)65-47)70-57(42)51(44)40(26-24-22-20-18-16-14-12-10-8-6-2)33-45(46)43-29-27-41-31-37(3)69-56(41)50(39)43/h27-36H,5-26H2,1-4H3. The fourth-order valence-corrected chi connectivity index (χ4v) is 20.4. The van der Waals surface area contributed by atoms with E-state index < -0.39 is 0 Å². The van der Waals surface area contributed by atoms with Gasteiger partial charge < -0.3 is 0 Å². The van der Waals surface area contributed by atoms with Gasteiger partial charge in [0, 0.05) is 0 Å². The van der Waals surface area contributed by atoms with Gasteiger partial charge in [-0.25, -0.2) is 0 Å². The van der Waals surface area contributed by atoms with Crippen LogP contribution in [-0.4, -0.2) is 49.2 Å². The molecule has 0 amide bonds. The predicted octanol–water partition coefficient (Wildman–Crippen LogP) is 18.4.